The van der Waals surface area contributed by atoms with Gasteiger partial charge in [-0.2, -0.15) is 13.2 Å². The van der Waals surface area contributed by atoms with Crippen molar-refractivity contribution in [3.8, 4) is 0 Å². The third kappa shape index (κ3) is 4.32. The molecule has 0 aliphatic carbocycles. The molecular weight excluding hydrogens is 375 g/mol. The maximum atomic E-state index is 12.4. The molecule has 0 saturated heterocycles. The molecule has 0 radical (unpaired) electrons. The molecule has 0 unspecified atom stereocenters. The van der Waals surface area contributed by atoms with Gasteiger partial charge in [0.1, 0.15) is 0 Å². The Hall–Kier alpha value is -3.33. The van der Waals surface area contributed by atoms with Crippen LogP contribution in [0.25, 0.3) is 10.9 Å². The van der Waals surface area contributed by atoms with Crippen molar-refractivity contribution in [1.82, 2.24) is 10.3 Å². The number of hydrogen-bond donors (Lipinski definition) is 4. The average Bonchev–Trinajstić information content (AvgIpc) is 3.30. The van der Waals surface area contributed by atoms with Crippen molar-refractivity contribution >= 4 is 28.5 Å². The number of halogens is 3. The number of aromatic nitrogens is 1. The molecule has 2 heterocycles. The van der Waals surface area contributed by atoms with Gasteiger partial charge in [0.2, 0.25) is 0 Å². The van der Waals surface area contributed by atoms with E-state index in [1.807, 2.05) is 48.7 Å². The average molecular weight is 391 g/mol. The molecule has 4 rings (SSSR count). The number of fused-ring (bicyclic) bond motifs is 2. The first-order valence-corrected chi connectivity index (χ1v) is 8.26. The molecule has 9 heteroatoms. The number of benzene rings is 2. The van der Waals surface area contributed by atoms with Gasteiger partial charge in [-0.25, -0.2) is 4.79 Å². The first kappa shape index (κ1) is 19.4. The molecule has 2 aromatic carbocycles. The molecular formula is C19H16F3N3O3. The summed E-state index contributed by atoms with van der Waals surface area (Å²) >= 11 is 0. The van der Waals surface area contributed by atoms with Crippen LogP contribution in [0.2, 0.25) is 0 Å². The molecule has 0 atom stereocenters. The van der Waals surface area contributed by atoms with Crippen LogP contribution in [0.4, 0.5) is 18.9 Å². The summed E-state index contributed by atoms with van der Waals surface area (Å²) in [5.74, 6) is -2.83. The van der Waals surface area contributed by atoms with E-state index in [1.54, 1.807) is 0 Å². The number of carbonyl (C=O) groups excluding carboxylic acids is 1. The van der Waals surface area contributed by atoms with Crippen LogP contribution in [-0.4, -0.2) is 28.1 Å². The summed E-state index contributed by atoms with van der Waals surface area (Å²) in [6.45, 7) is 1.72. The fourth-order valence-corrected chi connectivity index (χ4v) is 2.82. The molecule has 28 heavy (non-hydrogen) atoms. The lowest BCUT2D eigenvalue weighted by Crippen LogP contribution is -2.21. The molecule has 3 aromatic rings. The molecule has 1 aliphatic rings. The van der Waals surface area contributed by atoms with Crippen molar-refractivity contribution in [3.63, 3.8) is 0 Å². The van der Waals surface area contributed by atoms with E-state index in [-0.39, 0.29) is 5.91 Å². The quantitative estimate of drug-likeness (QED) is 0.536. The van der Waals surface area contributed by atoms with E-state index in [0.717, 1.165) is 29.7 Å². The summed E-state index contributed by atoms with van der Waals surface area (Å²) in [5, 5.41) is 14.5. The van der Waals surface area contributed by atoms with Gasteiger partial charge in [-0.3, -0.25) is 4.79 Å². The Morgan fingerprint density at radius 1 is 1.04 bits per heavy atom. The maximum absolute atomic E-state index is 12.4. The Kier molecular flexibility index (Phi) is 5.36. The fourth-order valence-electron chi connectivity index (χ4n) is 2.82. The first-order chi connectivity index (χ1) is 13.3. The number of H-pyrrole nitrogens is 1. The highest BCUT2D eigenvalue weighted by Crippen LogP contribution is 2.23. The van der Waals surface area contributed by atoms with Gasteiger partial charge in [-0.1, -0.05) is 18.2 Å². The Morgan fingerprint density at radius 3 is 2.46 bits per heavy atom. The van der Waals surface area contributed by atoms with E-state index >= 15 is 0 Å². The zero-order valence-corrected chi connectivity index (χ0v) is 14.4. The highest BCUT2D eigenvalue weighted by Gasteiger charge is 2.38. The zero-order chi connectivity index (χ0) is 20.3. The van der Waals surface area contributed by atoms with Crippen molar-refractivity contribution in [2.75, 3.05) is 5.32 Å². The normalized spacial score (nSPS) is 12.8. The number of nitrogens with one attached hydrogen (secondary N) is 3. The number of amides is 1. The Morgan fingerprint density at radius 2 is 1.75 bits per heavy atom. The van der Waals surface area contributed by atoms with Gasteiger partial charge in [0.25, 0.3) is 5.91 Å². The van der Waals surface area contributed by atoms with Crippen LogP contribution < -0.4 is 10.6 Å². The molecule has 0 spiro atoms. The monoisotopic (exact) mass is 391 g/mol. The fraction of sp³-hybridized carbons (Fsp3) is 0.158. The van der Waals surface area contributed by atoms with Crippen molar-refractivity contribution < 1.29 is 27.9 Å². The van der Waals surface area contributed by atoms with Gasteiger partial charge in [-0.15, -0.1) is 0 Å². The second-order valence-electron chi connectivity index (χ2n) is 6.09. The summed E-state index contributed by atoms with van der Waals surface area (Å²) in [6, 6.07) is 13.7. The maximum Gasteiger partial charge on any atom is 0.490 e. The van der Waals surface area contributed by atoms with E-state index in [1.165, 1.54) is 11.1 Å². The van der Waals surface area contributed by atoms with Gasteiger partial charge in [-0.05, 0) is 35.4 Å². The van der Waals surface area contributed by atoms with E-state index in [0.29, 0.717) is 5.56 Å². The lowest BCUT2D eigenvalue weighted by Gasteiger charge is -2.08. The van der Waals surface area contributed by atoms with Crippen molar-refractivity contribution in [1.29, 1.82) is 0 Å². The summed E-state index contributed by atoms with van der Waals surface area (Å²) in [6.07, 6.45) is -3.21. The number of alkyl halides is 3. The number of hydrogen-bond acceptors (Lipinski definition) is 3. The molecule has 1 aliphatic heterocycles. The molecule has 6 nitrogen and oxygen atoms in total. The molecule has 1 aromatic heterocycles. The summed E-state index contributed by atoms with van der Waals surface area (Å²) in [7, 11) is 0. The van der Waals surface area contributed by atoms with Crippen LogP contribution in [0.1, 0.15) is 21.5 Å². The predicted molar refractivity (Wildman–Crippen MR) is 96.9 cm³/mol. The largest absolute Gasteiger partial charge is 0.490 e. The lowest BCUT2D eigenvalue weighted by atomic mass is 10.1. The predicted octanol–water partition coefficient (Wildman–Crippen LogP) is 3.66. The van der Waals surface area contributed by atoms with E-state index in [2.05, 4.69) is 15.6 Å². The number of carbonyl (C=O) groups is 2. The minimum absolute atomic E-state index is 0.0770. The van der Waals surface area contributed by atoms with Crippen LogP contribution in [0.3, 0.4) is 0 Å². The Bertz CT molecular complexity index is 1030. The molecule has 1 amide bonds. The summed E-state index contributed by atoms with van der Waals surface area (Å²) in [4.78, 5) is 24.5. The Balaban J connectivity index is 0.000000279. The smallest absolute Gasteiger partial charge is 0.475 e. The Labute approximate surface area is 157 Å². The van der Waals surface area contributed by atoms with Crippen molar-refractivity contribution in [3.05, 3.63) is 65.4 Å². The topological polar surface area (TPSA) is 94.2 Å². The third-order valence-corrected chi connectivity index (χ3v) is 4.18. The molecule has 0 fully saturated rings. The molecule has 0 saturated carbocycles. The molecule has 0 bridgehead atoms. The number of carboxylic acids is 1. The number of anilines is 1. The number of aromatic amines is 1. The van der Waals surface area contributed by atoms with Gasteiger partial charge >= 0.3 is 12.1 Å². The van der Waals surface area contributed by atoms with Crippen molar-refractivity contribution in [2.45, 2.75) is 19.3 Å². The van der Waals surface area contributed by atoms with Crippen LogP contribution in [0, 0.1) is 0 Å². The molecule has 4 N–H and O–H groups in total. The standard InChI is InChI=1S/C17H15N3O.C2HF3O2/c21-17(12-4-5-13-9-18-10-14(13)8-12)20-15-3-1-2-11-6-7-19-16(11)15;3-2(4,5)1(6)7/h1-8,18-19H,9-10H2,(H,20,21);(H,6,7). The van der Waals surface area contributed by atoms with Gasteiger partial charge in [0.05, 0.1) is 11.2 Å². The second-order valence-corrected chi connectivity index (χ2v) is 6.09. The van der Waals surface area contributed by atoms with E-state index < -0.39 is 12.1 Å². The lowest BCUT2D eigenvalue weighted by molar-refractivity contribution is -0.192. The number of carboxylic acid groups (broad SMARTS) is 1. The second kappa shape index (κ2) is 7.73. The van der Waals surface area contributed by atoms with Gasteiger partial charge in [0, 0.05) is 30.2 Å². The van der Waals surface area contributed by atoms with Gasteiger partial charge in [0.15, 0.2) is 0 Å². The highest BCUT2D eigenvalue weighted by atomic mass is 19.4. The third-order valence-electron chi connectivity index (χ3n) is 4.18. The molecule has 146 valence electrons. The first-order valence-electron chi connectivity index (χ1n) is 8.26. The number of aliphatic carboxylic acids is 1. The minimum Gasteiger partial charge on any atom is -0.475 e. The zero-order valence-electron chi connectivity index (χ0n) is 14.4. The van der Waals surface area contributed by atoms with Crippen LogP contribution in [-0.2, 0) is 17.9 Å². The number of para-hydroxylation sites is 1. The SMILES string of the molecule is O=C(Nc1cccc2cc[nH]c12)c1ccc2c(c1)CNC2.O=C(O)C(F)(F)F. The van der Waals surface area contributed by atoms with Crippen LogP contribution in [0.5, 0.6) is 0 Å². The number of rotatable bonds is 2. The summed E-state index contributed by atoms with van der Waals surface area (Å²) < 4.78 is 31.7. The van der Waals surface area contributed by atoms with Crippen LogP contribution in [0.15, 0.2) is 48.7 Å². The minimum atomic E-state index is -5.08. The highest BCUT2D eigenvalue weighted by molar-refractivity contribution is 6.08. The van der Waals surface area contributed by atoms with Gasteiger partial charge < -0.3 is 20.7 Å². The van der Waals surface area contributed by atoms with Crippen LogP contribution >= 0.6 is 0 Å². The summed E-state index contributed by atoms with van der Waals surface area (Å²) in [5.41, 5.74) is 4.94. The van der Waals surface area contributed by atoms with Crippen molar-refractivity contribution in [2.24, 2.45) is 0 Å². The van der Waals surface area contributed by atoms with E-state index in [9.17, 15) is 18.0 Å². The van der Waals surface area contributed by atoms with E-state index in [4.69, 9.17) is 9.90 Å².